The highest BCUT2D eigenvalue weighted by atomic mass is 16.2. The molecule has 0 fully saturated rings. The summed E-state index contributed by atoms with van der Waals surface area (Å²) in [6.07, 6.45) is 2.79. The zero-order valence-corrected chi connectivity index (χ0v) is 19.8. The Morgan fingerprint density at radius 1 is 0.914 bits per heavy atom. The lowest BCUT2D eigenvalue weighted by molar-refractivity contribution is 0.666. The minimum atomic E-state index is -0.118. The summed E-state index contributed by atoms with van der Waals surface area (Å²) in [6, 6.07) is 24.1. The molecule has 0 unspecified atom stereocenters. The van der Waals surface area contributed by atoms with E-state index in [1.54, 1.807) is 4.57 Å². The van der Waals surface area contributed by atoms with Crippen molar-refractivity contribution in [1.29, 1.82) is 0 Å². The number of nitrogens with zero attached hydrogens (tertiary/aromatic N) is 6. The number of aryl methyl sites for hydroxylation is 2. The fraction of sp³-hybridized carbons (Fsp3) is 0.222. The lowest BCUT2D eigenvalue weighted by Crippen LogP contribution is -2.25. The van der Waals surface area contributed by atoms with E-state index in [1.165, 1.54) is 4.68 Å². The highest BCUT2D eigenvalue weighted by molar-refractivity contribution is 5.80. The van der Waals surface area contributed by atoms with Crippen molar-refractivity contribution in [3.05, 3.63) is 100 Å². The fourth-order valence-electron chi connectivity index (χ4n) is 4.16. The first-order valence-electron chi connectivity index (χ1n) is 11.8. The van der Waals surface area contributed by atoms with E-state index in [0.717, 1.165) is 58.6 Å². The highest BCUT2D eigenvalue weighted by Crippen LogP contribution is 2.29. The third-order valence-corrected chi connectivity index (χ3v) is 6.10. The van der Waals surface area contributed by atoms with E-state index in [4.69, 9.17) is 5.10 Å². The number of benzene rings is 3. The molecule has 5 rings (SSSR count). The van der Waals surface area contributed by atoms with Crippen LogP contribution in [-0.4, -0.2) is 35.0 Å². The molecule has 1 N–H and O–H groups in total. The number of hydrogen-bond donors (Lipinski definition) is 1. The maximum atomic E-state index is 13.3. The van der Waals surface area contributed by atoms with Crippen LogP contribution in [0.2, 0.25) is 0 Å². The second-order valence-corrected chi connectivity index (χ2v) is 8.63. The Kier molecular flexibility index (Phi) is 6.34. The number of H-pyrrole nitrogens is 1. The number of aromatic nitrogens is 7. The molecule has 0 radical (unpaired) electrons. The predicted molar refractivity (Wildman–Crippen MR) is 135 cm³/mol. The molecule has 35 heavy (non-hydrogen) atoms. The molecule has 0 spiro atoms. The summed E-state index contributed by atoms with van der Waals surface area (Å²) < 4.78 is 3.30. The summed E-state index contributed by atoms with van der Waals surface area (Å²) in [5.74, 6) is 1.44. The van der Waals surface area contributed by atoms with Crippen molar-refractivity contribution in [3.63, 3.8) is 0 Å². The predicted octanol–water partition coefficient (Wildman–Crippen LogP) is 4.58. The third kappa shape index (κ3) is 4.68. The molecule has 5 aromatic rings. The van der Waals surface area contributed by atoms with Gasteiger partial charge >= 0.3 is 5.69 Å². The van der Waals surface area contributed by atoms with Gasteiger partial charge in [-0.1, -0.05) is 79.6 Å². The third-order valence-electron chi connectivity index (χ3n) is 6.10. The SMILES string of the molecule is CCCCc1nn(-c2ccc(C)cc2)c(=O)n1Cc1ccc(-c2ccccc2-c2nnn[nH]2)cc1. The minimum Gasteiger partial charge on any atom is -0.274 e. The average molecular weight is 466 g/mol. The molecule has 8 nitrogen and oxygen atoms in total. The smallest absolute Gasteiger partial charge is 0.274 e. The van der Waals surface area contributed by atoms with E-state index in [1.807, 2.05) is 55.5 Å². The number of aromatic amines is 1. The first-order valence-corrected chi connectivity index (χ1v) is 11.8. The zero-order valence-electron chi connectivity index (χ0n) is 19.8. The molecule has 0 aliphatic carbocycles. The first kappa shape index (κ1) is 22.5. The molecule has 0 saturated carbocycles. The van der Waals surface area contributed by atoms with Crippen molar-refractivity contribution < 1.29 is 0 Å². The molecule has 0 aliphatic heterocycles. The van der Waals surface area contributed by atoms with Crippen LogP contribution < -0.4 is 5.69 Å². The van der Waals surface area contributed by atoms with Crippen LogP contribution in [0.4, 0.5) is 0 Å². The zero-order chi connectivity index (χ0) is 24.2. The number of nitrogens with one attached hydrogen (secondary N) is 1. The van der Waals surface area contributed by atoms with Gasteiger partial charge < -0.3 is 0 Å². The molecule has 176 valence electrons. The van der Waals surface area contributed by atoms with Crippen molar-refractivity contribution in [2.24, 2.45) is 0 Å². The number of rotatable bonds is 8. The maximum Gasteiger partial charge on any atom is 0.351 e. The van der Waals surface area contributed by atoms with Crippen LogP contribution in [0.3, 0.4) is 0 Å². The molecule has 0 amide bonds. The van der Waals surface area contributed by atoms with Crippen LogP contribution in [0.1, 0.15) is 36.7 Å². The first-order chi connectivity index (χ1) is 17.1. The fourth-order valence-corrected chi connectivity index (χ4v) is 4.16. The van der Waals surface area contributed by atoms with Crippen molar-refractivity contribution in [3.8, 4) is 28.2 Å². The van der Waals surface area contributed by atoms with Gasteiger partial charge in [0.05, 0.1) is 12.2 Å². The van der Waals surface area contributed by atoms with Gasteiger partial charge in [0.1, 0.15) is 5.82 Å². The van der Waals surface area contributed by atoms with E-state index in [0.29, 0.717) is 12.4 Å². The monoisotopic (exact) mass is 465 g/mol. The number of unbranched alkanes of at least 4 members (excludes halogenated alkanes) is 1. The Labute approximate surface area is 203 Å². The second-order valence-electron chi connectivity index (χ2n) is 8.63. The molecular formula is C27H27N7O. The Bertz CT molecular complexity index is 1460. The quantitative estimate of drug-likeness (QED) is 0.362. The summed E-state index contributed by atoms with van der Waals surface area (Å²) in [6.45, 7) is 4.64. The largest absolute Gasteiger partial charge is 0.351 e. The van der Waals surface area contributed by atoms with Crippen LogP contribution in [0.25, 0.3) is 28.2 Å². The van der Waals surface area contributed by atoms with Crippen molar-refractivity contribution >= 4 is 0 Å². The Morgan fingerprint density at radius 3 is 2.34 bits per heavy atom. The molecule has 0 saturated heterocycles. The number of hydrogen-bond acceptors (Lipinski definition) is 5. The van der Waals surface area contributed by atoms with Crippen molar-refractivity contribution in [2.75, 3.05) is 0 Å². The van der Waals surface area contributed by atoms with Crippen LogP contribution in [-0.2, 0) is 13.0 Å². The van der Waals surface area contributed by atoms with E-state index in [9.17, 15) is 4.79 Å². The molecule has 0 bridgehead atoms. The maximum absolute atomic E-state index is 13.3. The van der Waals surface area contributed by atoms with E-state index >= 15 is 0 Å². The van der Waals surface area contributed by atoms with Gasteiger partial charge in [-0.15, -0.1) is 10.2 Å². The molecule has 2 aromatic heterocycles. The lowest BCUT2D eigenvalue weighted by atomic mass is 9.98. The molecule has 0 atom stereocenters. The van der Waals surface area contributed by atoms with Gasteiger partial charge in [-0.2, -0.15) is 4.68 Å². The standard InChI is InChI=1S/C27H27N7O/c1-3-4-9-25-30-34(22-16-10-19(2)11-17-22)27(35)33(25)18-20-12-14-21(15-13-20)23-7-5-6-8-24(23)26-28-31-32-29-26/h5-8,10-17H,3-4,9,18H2,1-2H3,(H,28,29,31,32). The van der Waals surface area contributed by atoms with E-state index in [-0.39, 0.29) is 5.69 Å². The summed E-state index contributed by atoms with van der Waals surface area (Å²) in [4.78, 5) is 13.3. The van der Waals surface area contributed by atoms with Crippen molar-refractivity contribution in [1.82, 2.24) is 35.0 Å². The topological polar surface area (TPSA) is 94.3 Å². The summed E-state index contributed by atoms with van der Waals surface area (Å²) in [5.41, 5.74) is 5.87. The second kappa shape index (κ2) is 9.89. The molecule has 8 heteroatoms. The summed E-state index contributed by atoms with van der Waals surface area (Å²) in [5, 5.41) is 19.0. The van der Waals surface area contributed by atoms with Crippen LogP contribution in [0.15, 0.2) is 77.6 Å². The number of tetrazole rings is 1. The molecular weight excluding hydrogens is 438 g/mol. The summed E-state index contributed by atoms with van der Waals surface area (Å²) >= 11 is 0. The lowest BCUT2D eigenvalue weighted by Gasteiger charge is -2.09. The van der Waals surface area contributed by atoms with Gasteiger partial charge in [0.15, 0.2) is 5.82 Å². The van der Waals surface area contributed by atoms with E-state index in [2.05, 4.69) is 51.8 Å². The van der Waals surface area contributed by atoms with Gasteiger partial charge in [-0.05, 0) is 52.6 Å². The normalized spacial score (nSPS) is 11.1. The van der Waals surface area contributed by atoms with Gasteiger partial charge in [-0.3, -0.25) is 4.57 Å². The Morgan fingerprint density at radius 2 is 1.66 bits per heavy atom. The van der Waals surface area contributed by atoms with Crippen LogP contribution in [0, 0.1) is 6.92 Å². The molecule has 3 aromatic carbocycles. The minimum absolute atomic E-state index is 0.118. The summed E-state index contributed by atoms with van der Waals surface area (Å²) in [7, 11) is 0. The van der Waals surface area contributed by atoms with Gasteiger partial charge in [0.2, 0.25) is 0 Å². The highest BCUT2D eigenvalue weighted by Gasteiger charge is 2.15. The molecule has 0 aliphatic rings. The Hall–Kier alpha value is -4.33. The van der Waals surface area contributed by atoms with Gasteiger partial charge in [-0.25, -0.2) is 9.89 Å². The van der Waals surface area contributed by atoms with Gasteiger partial charge in [0, 0.05) is 12.0 Å². The average Bonchev–Trinajstić information content (AvgIpc) is 3.53. The van der Waals surface area contributed by atoms with Gasteiger partial charge in [0.25, 0.3) is 0 Å². The van der Waals surface area contributed by atoms with Crippen LogP contribution in [0.5, 0.6) is 0 Å². The van der Waals surface area contributed by atoms with Crippen LogP contribution >= 0.6 is 0 Å². The molecule has 2 heterocycles. The van der Waals surface area contributed by atoms with Crippen molar-refractivity contribution in [2.45, 2.75) is 39.7 Å². The Balaban J connectivity index is 1.46. The van der Waals surface area contributed by atoms with E-state index < -0.39 is 0 Å².